The molecule has 2 amide bonds. The van der Waals surface area contributed by atoms with E-state index in [4.69, 9.17) is 4.74 Å². The molecule has 0 spiro atoms. The molecule has 1 heterocycles. The van der Waals surface area contributed by atoms with Crippen LogP contribution in [0.5, 0.6) is 0 Å². The molecule has 0 bridgehead atoms. The Bertz CT molecular complexity index is 477. The van der Waals surface area contributed by atoms with Crippen molar-refractivity contribution in [2.75, 3.05) is 13.2 Å². The molecule has 0 radical (unpaired) electrons. The Balaban J connectivity index is 2.37. The van der Waals surface area contributed by atoms with Crippen LogP contribution in [0, 0.1) is 5.92 Å². The zero-order chi connectivity index (χ0) is 17.1. The second kappa shape index (κ2) is 10.6. The van der Waals surface area contributed by atoms with E-state index in [2.05, 4.69) is 29.5 Å². The summed E-state index contributed by atoms with van der Waals surface area (Å²) in [6.45, 7) is 6.64. The lowest BCUT2D eigenvalue weighted by Crippen LogP contribution is -2.44. The molecule has 6 heteroatoms. The van der Waals surface area contributed by atoms with Crippen molar-refractivity contribution >= 4 is 12.0 Å². The fourth-order valence-electron chi connectivity index (χ4n) is 2.21. The van der Waals surface area contributed by atoms with Gasteiger partial charge in [-0.1, -0.05) is 19.9 Å². The van der Waals surface area contributed by atoms with Crippen LogP contribution in [0.3, 0.4) is 0 Å². The van der Waals surface area contributed by atoms with Gasteiger partial charge in [-0.25, -0.2) is 4.79 Å². The summed E-state index contributed by atoms with van der Waals surface area (Å²) in [6, 6.07) is 5.52. The standard InChI is InChI=1S/C17H27N3O3/c1-4-23-17(22)20-15(11-13(2)3)12-19-16(21)9-8-14-7-5-6-10-18-14/h5-7,10,13,15H,4,8-9,11-12H2,1-3H3,(H,19,21)(H,20,22)/t15-/m1/s1. The molecule has 0 saturated carbocycles. The second-order valence-electron chi connectivity index (χ2n) is 5.82. The van der Waals surface area contributed by atoms with Gasteiger partial charge in [0.15, 0.2) is 0 Å². The van der Waals surface area contributed by atoms with Gasteiger partial charge in [0.1, 0.15) is 0 Å². The molecule has 2 N–H and O–H groups in total. The van der Waals surface area contributed by atoms with Gasteiger partial charge >= 0.3 is 6.09 Å². The van der Waals surface area contributed by atoms with Gasteiger partial charge in [0.05, 0.1) is 6.61 Å². The van der Waals surface area contributed by atoms with Gasteiger partial charge in [0, 0.05) is 30.9 Å². The number of aryl methyl sites for hydroxylation is 1. The van der Waals surface area contributed by atoms with Crippen LogP contribution < -0.4 is 10.6 Å². The molecule has 0 unspecified atom stereocenters. The average molecular weight is 321 g/mol. The highest BCUT2D eigenvalue weighted by Crippen LogP contribution is 2.05. The average Bonchev–Trinajstić information content (AvgIpc) is 2.51. The minimum atomic E-state index is -0.444. The van der Waals surface area contributed by atoms with Crippen LogP contribution >= 0.6 is 0 Å². The number of hydrogen-bond donors (Lipinski definition) is 2. The fourth-order valence-corrected chi connectivity index (χ4v) is 2.21. The topological polar surface area (TPSA) is 80.3 Å². The zero-order valence-corrected chi connectivity index (χ0v) is 14.2. The van der Waals surface area contributed by atoms with E-state index in [1.165, 1.54) is 0 Å². The summed E-state index contributed by atoms with van der Waals surface area (Å²) in [6.07, 6.45) is 3.03. The molecule has 0 aliphatic heterocycles. The summed E-state index contributed by atoms with van der Waals surface area (Å²) in [5, 5.41) is 5.66. The van der Waals surface area contributed by atoms with Crippen molar-refractivity contribution in [3.8, 4) is 0 Å². The minimum Gasteiger partial charge on any atom is -0.450 e. The van der Waals surface area contributed by atoms with Crippen molar-refractivity contribution in [2.45, 2.75) is 46.1 Å². The van der Waals surface area contributed by atoms with E-state index in [1.54, 1.807) is 13.1 Å². The number of alkyl carbamates (subject to hydrolysis) is 1. The lowest BCUT2D eigenvalue weighted by Gasteiger charge is -2.20. The van der Waals surface area contributed by atoms with E-state index in [0.717, 1.165) is 12.1 Å². The van der Waals surface area contributed by atoms with Crippen LogP contribution in [0.4, 0.5) is 4.79 Å². The number of aromatic nitrogens is 1. The Labute approximate surface area is 138 Å². The number of hydrogen-bond acceptors (Lipinski definition) is 4. The van der Waals surface area contributed by atoms with Crippen molar-refractivity contribution in [3.05, 3.63) is 30.1 Å². The molecule has 1 aromatic rings. The Kier molecular flexibility index (Phi) is 8.72. The molecule has 128 valence electrons. The highest BCUT2D eigenvalue weighted by Gasteiger charge is 2.15. The molecule has 6 nitrogen and oxygen atoms in total. The summed E-state index contributed by atoms with van der Waals surface area (Å²) in [5.41, 5.74) is 0.894. The number of carbonyl (C=O) groups is 2. The molecule has 1 rings (SSSR count). The van der Waals surface area contributed by atoms with E-state index in [-0.39, 0.29) is 11.9 Å². The maximum absolute atomic E-state index is 11.9. The molecule has 0 saturated heterocycles. The van der Waals surface area contributed by atoms with Crippen molar-refractivity contribution in [1.82, 2.24) is 15.6 Å². The van der Waals surface area contributed by atoms with Crippen molar-refractivity contribution in [3.63, 3.8) is 0 Å². The van der Waals surface area contributed by atoms with Crippen molar-refractivity contribution < 1.29 is 14.3 Å². The van der Waals surface area contributed by atoms with E-state index >= 15 is 0 Å². The van der Waals surface area contributed by atoms with Crippen LogP contribution in [-0.4, -0.2) is 36.2 Å². The molecule has 23 heavy (non-hydrogen) atoms. The van der Waals surface area contributed by atoms with Gasteiger partial charge in [-0.2, -0.15) is 0 Å². The lowest BCUT2D eigenvalue weighted by molar-refractivity contribution is -0.121. The molecule has 0 fully saturated rings. The molecular formula is C17H27N3O3. The summed E-state index contributed by atoms with van der Waals surface area (Å²) in [7, 11) is 0. The third-order valence-electron chi connectivity index (χ3n) is 3.23. The van der Waals surface area contributed by atoms with Gasteiger partial charge in [-0.3, -0.25) is 9.78 Å². The Hall–Kier alpha value is -2.11. The normalized spacial score (nSPS) is 11.8. The number of ether oxygens (including phenoxy) is 1. The smallest absolute Gasteiger partial charge is 0.407 e. The second-order valence-corrected chi connectivity index (χ2v) is 5.82. The monoisotopic (exact) mass is 321 g/mol. The van der Waals surface area contributed by atoms with Gasteiger partial charge in [-0.15, -0.1) is 0 Å². The molecule has 1 atom stereocenters. The van der Waals surface area contributed by atoms with E-state index in [0.29, 0.717) is 31.9 Å². The SMILES string of the molecule is CCOC(=O)N[C@@H](CNC(=O)CCc1ccccn1)CC(C)C. The first-order valence-electron chi connectivity index (χ1n) is 8.11. The summed E-state index contributed by atoms with van der Waals surface area (Å²) < 4.78 is 4.90. The Morgan fingerprint density at radius 1 is 1.30 bits per heavy atom. The highest BCUT2D eigenvalue weighted by molar-refractivity contribution is 5.76. The number of amides is 2. The predicted octanol–water partition coefficient (Wildman–Crippen LogP) is 2.29. The van der Waals surface area contributed by atoms with Gasteiger partial charge in [0.25, 0.3) is 0 Å². The van der Waals surface area contributed by atoms with E-state index in [1.807, 2.05) is 18.2 Å². The van der Waals surface area contributed by atoms with Crippen LogP contribution in [0.2, 0.25) is 0 Å². The number of nitrogens with one attached hydrogen (secondary N) is 2. The van der Waals surface area contributed by atoms with Crippen molar-refractivity contribution in [2.24, 2.45) is 5.92 Å². The molecule has 0 aromatic carbocycles. The van der Waals surface area contributed by atoms with Gasteiger partial charge < -0.3 is 15.4 Å². The quantitative estimate of drug-likeness (QED) is 0.731. The maximum atomic E-state index is 11.9. The third-order valence-corrected chi connectivity index (χ3v) is 3.23. The summed E-state index contributed by atoms with van der Waals surface area (Å²) >= 11 is 0. The Morgan fingerprint density at radius 3 is 2.70 bits per heavy atom. The van der Waals surface area contributed by atoms with Crippen LogP contribution in [0.25, 0.3) is 0 Å². The predicted molar refractivity (Wildman–Crippen MR) is 89.0 cm³/mol. The first-order chi connectivity index (χ1) is 11.0. The van der Waals surface area contributed by atoms with E-state index < -0.39 is 6.09 Å². The molecule has 1 aromatic heterocycles. The van der Waals surface area contributed by atoms with Crippen LogP contribution in [0.15, 0.2) is 24.4 Å². The lowest BCUT2D eigenvalue weighted by atomic mass is 10.0. The largest absolute Gasteiger partial charge is 0.450 e. The first-order valence-corrected chi connectivity index (χ1v) is 8.11. The zero-order valence-electron chi connectivity index (χ0n) is 14.2. The fraction of sp³-hybridized carbons (Fsp3) is 0.588. The minimum absolute atomic E-state index is 0.0462. The van der Waals surface area contributed by atoms with Crippen LogP contribution in [-0.2, 0) is 16.0 Å². The number of rotatable bonds is 9. The van der Waals surface area contributed by atoms with Gasteiger partial charge in [0.2, 0.25) is 5.91 Å². The number of pyridine rings is 1. The Morgan fingerprint density at radius 2 is 2.09 bits per heavy atom. The molecular weight excluding hydrogens is 294 g/mol. The number of nitrogens with zero attached hydrogens (tertiary/aromatic N) is 1. The van der Waals surface area contributed by atoms with Crippen molar-refractivity contribution in [1.29, 1.82) is 0 Å². The molecule has 0 aliphatic rings. The first kappa shape index (κ1) is 18.9. The van der Waals surface area contributed by atoms with E-state index in [9.17, 15) is 9.59 Å². The summed E-state index contributed by atoms with van der Waals surface area (Å²) in [4.78, 5) is 27.7. The summed E-state index contributed by atoms with van der Waals surface area (Å²) in [5.74, 6) is 0.363. The maximum Gasteiger partial charge on any atom is 0.407 e. The highest BCUT2D eigenvalue weighted by atomic mass is 16.5. The third kappa shape index (κ3) is 8.80. The van der Waals surface area contributed by atoms with Gasteiger partial charge in [-0.05, 0) is 37.8 Å². The number of carbonyl (C=O) groups excluding carboxylic acids is 2. The molecule has 0 aliphatic carbocycles. The van der Waals surface area contributed by atoms with Crippen LogP contribution in [0.1, 0.15) is 39.3 Å².